The number of carbonyl (C=O) groups is 2. The molecule has 1 aromatic rings. The fourth-order valence-corrected chi connectivity index (χ4v) is 2.33. The van der Waals surface area contributed by atoms with Crippen molar-refractivity contribution < 1.29 is 27.9 Å². The van der Waals surface area contributed by atoms with Crippen LogP contribution in [0.15, 0.2) is 30.3 Å². The second-order valence-corrected chi connectivity index (χ2v) is 4.68. The van der Waals surface area contributed by atoms with Crippen LogP contribution >= 0.6 is 0 Å². The summed E-state index contributed by atoms with van der Waals surface area (Å²) in [7, 11) is 0.890. The van der Waals surface area contributed by atoms with Gasteiger partial charge in [0.15, 0.2) is 0 Å². The summed E-state index contributed by atoms with van der Waals surface area (Å²) in [5, 5.41) is 10.7. The van der Waals surface area contributed by atoms with E-state index in [2.05, 4.69) is 0 Å². The van der Waals surface area contributed by atoms with Crippen LogP contribution in [0.5, 0.6) is 0 Å². The second kappa shape index (κ2) is 5.58. The van der Waals surface area contributed by atoms with Crippen LogP contribution < -0.4 is 10.2 Å². The zero-order chi connectivity index (χ0) is 16.5. The quantitative estimate of drug-likeness (QED) is 0.810. The average molecular weight is 317 g/mol. The smallest absolute Gasteiger partial charge is 0.395 e. The molecule has 0 spiro atoms. The molecule has 1 saturated heterocycles. The van der Waals surface area contributed by atoms with Crippen LogP contribution in [0.3, 0.4) is 0 Å². The standard InChI is InChI=1S/C13H14F3N3O3/c1-18-11(22)19(9-5-3-2-4-6-9)10(21)12(18,13(14,15)16)17-7-8-20/h2-6,17,20H,7-8H2,1H3. The highest BCUT2D eigenvalue weighted by Crippen LogP contribution is 2.40. The Morgan fingerprint density at radius 1 is 1.23 bits per heavy atom. The monoisotopic (exact) mass is 317 g/mol. The Hall–Kier alpha value is -2.13. The number of hydrogen-bond donors (Lipinski definition) is 2. The minimum Gasteiger partial charge on any atom is -0.395 e. The Labute approximate surface area is 124 Å². The molecule has 1 unspecified atom stereocenters. The molecule has 2 rings (SSSR count). The van der Waals surface area contributed by atoms with Crippen LogP contribution in [0, 0.1) is 0 Å². The molecular formula is C13H14F3N3O3. The van der Waals surface area contributed by atoms with Crippen LogP contribution in [0.4, 0.5) is 23.7 Å². The first kappa shape index (κ1) is 16.2. The van der Waals surface area contributed by atoms with Gasteiger partial charge < -0.3 is 5.11 Å². The molecule has 0 bridgehead atoms. The summed E-state index contributed by atoms with van der Waals surface area (Å²) in [4.78, 5) is 25.3. The zero-order valence-corrected chi connectivity index (χ0v) is 11.6. The number of imide groups is 1. The number of rotatable bonds is 4. The van der Waals surface area contributed by atoms with E-state index in [0.29, 0.717) is 9.80 Å². The average Bonchev–Trinajstić information content (AvgIpc) is 2.66. The number of anilines is 1. The maximum atomic E-state index is 13.5. The molecule has 0 saturated carbocycles. The number of aliphatic hydroxyl groups is 1. The normalized spacial score (nSPS) is 22.6. The summed E-state index contributed by atoms with van der Waals surface area (Å²) in [5.74, 6) is -1.45. The van der Waals surface area contributed by atoms with Crippen molar-refractivity contribution in [2.75, 3.05) is 25.1 Å². The molecule has 0 radical (unpaired) electrons. The maximum absolute atomic E-state index is 13.5. The number of likely N-dealkylation sites (N-methyl/N-ethyl adjacent to an activating group) is 1. The number of alkyl halides is 3. The fourth-order valence-electron chi connectivity index (χ4n) is 2.33. The minimum absolute atomic E-state index is 0.0428. The number of aliphatic hydroxyl groups excluding tert-OH is 1. The van der Waals surface area contributed by atoms with Gasteiger partial charge in [0.05, 0.1) is 12.3 Å². The molecule has 1 aliphatic rings. The molecule has 0 aliphatic carbocycles. The molecule has 2 N–H and O–H groups in total. The molecule has 120 valence electrons. The third-order valence-corrected chi connectivity index (χ3v) is 3.41. The largest absolute Gasteiger partial charge is 0.434 e. The first-order valence-electron chi connectivity index (χ1n) is 6.37. The number of benzene rings is 1. The van der Waals surface area contributed by atoms with E-state index < -0.39 is 36.9 Å². The molecule has 1 aliphatic heterocycles. The van der Waals surface area contributed by atoms with Gasteiger partial charge in [-0.3, -0.25) is 15.0 Å². The lowest BCUT2D eigenvalue weighted by atomic mass is 10.1. The van der Waals surface area contributed by atoms with Crippen molar-refractivity contribution in [1.82, 2.24) is 10.2 Å². The van der Waals surface area contributed by atoms with E-state index >= 15 is 0 Å². The van der Waals surface area contributed by atoms with Crippen molar-refractivity contribution in [2.24, 2.45) is 0 Å². The van der Waals surface area contributed by atoms with Crippen molar-refractivity contribution in [3.63, 3.8) is 0 Å². The van der Waals surface area contributed by atoms with Gasteiger partial charge in [-0.2, -0.15) is 13.2 Å². The number of amides is 3. The highest BCUT2D eigenvalue weighted by molar-refractivity contribution is 6.23. The first-order chi connectivity index (χ1) is 10.3. The van der Waals surface area contributed by atoms with Crippen molar-refractivity contribution in [2.45, 2.75) is 11.8 Å². The van der Waals surface area contributed by atoms with Crippen LogP contribution in [0.25, 0.3) is 0 Å². The van der Waals surface area contributed by atoms with Crippen molar-refractivity contribution in [3.8, 4) is 0 Å². The third kappa shape index (κ3) is 2.22. The SMILES string of the molecule is CN1C(=O)N(c2ccccc2)C(=O)C1(NCCO)C(F)(F)F. The predicted molar refractivity (Wildman–Crippen MR) is 71.0 cm³/mol. The number of nitrogens with zero attached hydrogens (tertiary/aromatic N) is 2. The number of urea groups is 1. The number of carbonyl (C=O) groups excluding carboxylic acids is 2. The van der Waals surface area contributed by atoms with Crippen LogP contribution in [0.2, 0.25) is 0 Å². The van der Waals surface area contributed by atoms with Crippen molar-refractivity contribution in [3.05, 3.63) is 30.3 Å². The number of para-hydroxylation sites is 1. The van der Waals surface area contributed by atoms with Gasteiger partial charge in [-0.1, -0.05) is 18.2 Å². The fraction of sp³-hybridized carbons (Fsp3) is 0.385. The van der Waals surface area contributed by atoms with Crippen molar-refractivity contribution >= 4 is 17.6 Å². The van der Waals surface area contributed by atoms with Gasteiger partial charge in [0.1, 0.15) is 0 Å². The molecule has 6 nitrogen and oxygen atoms in total. The van der Waals surface area contributed by atoms with Crippen LogP contribution in [-0.4, -0.2) is 54.0 Å². The summed E-state index contributed by atoms with van der Waals surface area (Å²) in [5.41, 5.74) is -3.15. The highest BCUT2D eigenvalue weighted by Gasteiger charge is 2.71. The topological polar surface area (TPSA) is 72.9 Å². The zero-order valence-electron chi connectivity index (χ0n) is 11.6. The van der Waals surface area contributed by atoms with Gasteiger partial charge in [-0.05, 0) is 12.1 Å². The third-order valence-electron chi connectivity index (χ3n) is 3.41. The molecule has 1 atom stereocenters. The molecule has 9 heteroatoms. The Bertz CT molecular complexity index is 579. The lowest BCUT2D eigenvalue weighted by Gasteiger charge is -2.34. The number of nitrogens with one attached hydrogen (secondary N) is 1. The predicted octanol–water partition coefficient (Wildman–Crippen LogP) is 0.926. The summed E-state index contributed by atoms with van der Waals surface area (Å²) >= 11 is 0. The van der Waals surface area contributed by atoms with Gasteiger partial charge in [0.25, 0.3) is 11.6 Å². The lowest BCUT2D eigenvalue weighted by molar-refractivity contribution is -0.220. The summed E-state index contributed by atoms with van der Waals surface area (Å²) < 4.78 is 40.6. The molecule has 22 heavy (non-hydrogen) atoms. The Morgan fingerprint density at radius 3 is 2.32 bits per heavy atom. The van der Waals surface area contributed by atoms with Crippen LogP contribution in [-0.2, 0) is 4.79 Å². The summed E-state index contributed by atoms with van der Waals surface area (Å²) in [6.07, 6.45) is -5.05. The van der Waals surface area contributed by atoms with Gasteiger partial charge in [-0.15, -0.1) is 0 Å². The maximum Gasteiger partial charge on any atom is 0.434 e. The Morgan fingerprint density at radius 2 is 1.82 bits per heavy atom. The van der Waals surface area contributed by atoms with E-state index in [0.717, 1.165) is 7.05 Å². The molecule has 1 aromatic carbocycles. The lowest BCUT2D eigenvalue weighted by Crippen LogP contribution is -2.68. The van der Waals surface area contributed by atoms with Crippen molar-refractivity contribution in [1.29, 1.82) is 0 Å². The summed E-state index contributed by atoms with van der Waals surface area (Å²) in [6, 6.07) is 6.25. The Kier molecular flexibility index (Phi) is 4.12. The summed E-state index contributed by atoms with van der Waals surface area (Å²) in [6.45, 7) is -1.11. The van der Waals surface area contributed by atoms with E-state index in [1.54, 1.807) is 6.07 Å². The van der Waals surface area contributed by atoms with E-state index in [4.69, 9.17) is 5.11 Å². The highest BCUT2D eigenvalue weighted by atomic mass is 19.4. The first-order valence-corrected chi connectivity index (χ1v) is 6.37. The van der Waals surface area contributed by atoms with Crippen LogP contribution in [0.1, 0.15) is 0 Å². The van der Waals surface area contributed by atoms with Gasteiger partial charge in [0, 0.05) is 13.6 Å². The molecule has 0 aromatic heterocycles. The van der Waals surface area contributed by atoms with Gasteiger partial charge >= 0.3 is 12.2 Å². The minimum atomic E-state index is -5.05. The Balaban J connectivity index is 2.52. The molecule has 1 fully saturated rings. The van der Waals surface area contributed by atoms with Gasteiger partial charge in [0.2, 0.25) is 0 Å². The molecule has 3 amide bonds. The molecule has 1 heterocycles. The van der Waals surface area contributed by atoms with E-state index in [1.165, 1.54) is 24.3 Å². The van der Waals surface area contributed by atoms with E-state index in [9.17, 15) is 22.8 Å². The van der Waals surface area contributed by atoms with E-state index in [1.807, 2.05) is 5.32 Å². The number of halogens is 3. The van der Waals surface area contributed by atoms with E-state index in [-0.39, 0.29) is 5.69 Å². The molecular weight excluding hydrogens is 303 g/mol. The second-order valence-electron chi connectivity index (χ2n) is 4.68. The number of hydrogen-bond acceptors (Lipinski definition) is 4. The van der Waals surface area contributed by atoms with Gasteiger partial charge in [-0.25, -0.2) is 9.69 Å².